The van der Waals surface area contributed by atoms with Crippen LogP contribution < -0.4 is 10.1 Å². The highest BCUT2D eigenvalue weighted by Gasteiger charge is 2.23. The minimum atomic E-state index is -0.380. The van der Waals surface area contributed by atoms with E-state index in [2.05, 4.69) is 11.9 Å². The van der Waals surface area contributed by atoms with Crippen molar-refractivity contribution >= 4 is 17.3 Å². The van der Waals surface area contributed by atoms with E-state index in [9.17, 15) is 4.79 Å². The zero-order chi connectivity index (χ0) is 22.2. The van der Waals surface area contributed by atoms with Gasteiger partial charge in [0.05, 0.1) is 6.04 Å². The number of carbonyl (C=O) groups is 1. The molecule has 5 heteroatoms. The van der Waals surface area contributed by atoms with Gasteiger partial charge in [-0.15, -0.1) is 0 Å². The van der Waals surface area contributed by atoms with Gasteiger partial charge in [-0.05, 0) is 51.0 Å². The predicted octanol–water partition coefficient (Wildman–Crippen LogP) is 6.09. The molecule has 0 saturated heterocycles. The highest BCUT2D eigenvalue weighted by atomic mass is 16.5. The summed E-state index contributed by atoms with van der Waals surface area (Å²) in [7, 11) is 0. The van der Waals surface area contributed by atoms with Gasteiger partial charge in [0, 0.05) is 16.8 Å². The molecular weight excluding hydrogens is 386 g/mol. The van der Waals surface area contributed by atoms with Crippen LogP contribution in [0.2, 0.25) is 0 Å². The molecule has 2 N–H and O–H groups in total. The SMILES string of the molecule is C=C(C)NC(=NC1CCCC1)/C(=C\C)C(=N)C(=O)c1cccc(Oc2ccccc2)c1. The van der Waals surface area contributed by atoms with Crippen molar-refractivity contribution in [3.8, 4) is 11.5 Å². The zero-order valence-electron chi connectivity index (χ0n) is 18.2. The molecule has 0 heterocycles. The van der Waals surface area contributed by atoms with Crippen molar-refractivity contribution in [3.05, 3.63) is 84.1 Å². The van der Waals surface area contributed by atoms with Crippen LogP contribution in [0.15, 0.2) is 83.5 Å². The number of nitrogens with one attached hydrogen (secondary N) is 2. The third-order valence-electron chi connectivity index (χ3n) is 5.08. The van der Waals surface area contributed by atoms with Crippen LogP contribution in [0.4, 0.5) is 0 Å². The van der Waals surface area contributed by atoms with Crippen molar-refractivity contribution in [2.45, 2.75) is 45.6 Å². The molecular formula is C26H29N3O2. The van der Waals surface area contributed by atoms with E-state index in [4.69, 9.17) is 15.1 Å². The number of benzene rings is 2. The topological polar surface area (TPSA) is 74.5 Å². The van der Waals surface area contributed by atoms with Gasteiger partial charge in [-0.1, -0.05) is 55.8 Å². The summed E-state index contributed by atoms with van der Waals surface area (Å²) in [5, 5.41) is 11.8. The first-order chi connectivity index (χ1) is 15.0. The van der Waals surface area contributed by atoms with E-state index in [0.717, 1.165) is 31.4 Å². The van der Waals surface area contributed by atoms with E-state index in [1.807, 2.05) is 44.2 Å². The molecule has 1 aliphatic rings. The summed E-state index contributed by atoms with van der Waals surface area (Å²) in [6.07, 6.45) is 6.12. The summed E-state index contributed by atoms with van der Waals surface area (Å²) in [4.78, 5) is 18.0. The maximum atomic E-state index is 13.2. The number of nitrogens with zero attached hydrogens (tertiary/aromatic N) is 1. The Kier molecular flexibility index (Phi) is 7.55. The van der Waals surface area contributed by atoms with Gasteiger partial charge >= 0.3 is 0 Å². The van der Waals surface area contributed by atoms with Gasteiger partial charge in [-0.3, -0.25) is 15.2 Å². The van der Waals surface area contributed by atoms with Crippen molar-refractivity contribution in [3.63, 3.8) is 0 Å². The molecule has 0 bridgehead atoms. The molecule has 0 radical (unpaired) electrons. The van der Waals surface area contributed by atoms with Crippen LogP contribution >= 0.6 is 0 Å². The number of ketones is 1. The molecule has 0 aliphatic heterocycles. The van der Waals surface area contributed by atoms with E-state index in [0.29, 0.717) is 28.5 Å². The Morgan fingerprint density at radius 1 is 1.13 bits per heavy atom. The average molecular weight is 416 g/mol. The first-order valence-electron chi connectivity index (χ1n) is 10.6. The van der Waals surface area contributed by atoms with Crippen molar-refractivity contribution in [1.82, 2.24) is 5.32 Å². The molecule has 0 unspecified atom stereocenters. The lowest BCUT2D eigenvalue weighted by Crippen LogP contribution is -2.31. The highest BCUT2D eigenvalue weighted by molar-refractivity contribution is 6.55. The van der Waals surface area contributed by atoms with Gasteiger partial charge in [-0.25, -0.2) is 0 Å². The summed E-state index contributed by atoms with van der Waals surface area (Å²) in [5.74, 6) is 1.39. The Labute approximate surface area is 184 Å². The van der Waals surface area contributed by atoms with Gasteiger partial charge < -0.3 is 10.1 Å². The zero-order valence-corrected chi connectivity index (χ0v) is 18.2. The van der Waals surface area contributed by atoms with Crippen molar-refractivity contribution in [2.75, 3.05) is 0 Å². The molecule has 1 saturated carbocycles. The second-order valence-electron chi connectivity index (χ2n) is 7.67. The quantitative estimate of drug-likeness (QED) is 0.311. The number of rotatable bonds is 8. The Morgan fingerprint density at radius 2 is 1.81 bits per heavy atom. The van der Waals surface area contributed by atoms with Gasteiger partial charge in [0.2, 0.25) is 5.78 Å². The molecule has 5 nitrogen and oxygen atoms in total. The first kappa shape index (κ1) is 22.2. The molecule has 2 aromatic carbocycles. The van der Waals surface area contributed by atoms with Gasteiger partial charge in [0.25, 0.3) is 0 Å². The van der Waals surface area contributed by atoms with E-state index in [1.54, 1.807) is 30.3 Å². The number of hydrogen-bond acceptors (Lipinski definition) is 4. The number of ether oxygens (including phenoxy) is 1. The third-order valence-corrected chi connectivity index (χ3v) is 5.08. The van der Waals surface area contributed by atoms with Crippen molar-refractivity contribution in [1.29, 1.82) is 5.41 Å². The largest absolute Gasteiger partial charge is 0.457 e. The number of Topliss-reactive ketones (excluding diaryl/α,β-unsaturated/α-hetero) is 1. The number of aliphatic imine (C=N–C) groups is 1. The molecule has 1 fully saturated rings. The first-order valence-corrected chi connectivity index (χ1v) is 10.6. The number of carbonyl (C=O) groups excluding carboxylic acids is 1. The van der Waals surface area contributed by atoms with Crippen LogP contribution in [0, 0.1) is 5.41 Å². The predicted molar refractivity (Wildman–Crippen MR) is 126 cm³/mol. The molecule has 2 aromatic rings. The fourth-order valence-electron chi connectivity index (χ4n) is 3.58. The Bertz CT molecular complexity index is 1020. The van der Waals surface area contributed by atoms with E-state index in [-0.39, 0.29) is 17.5 Å². The monoisotopic (exact) mass is 415 g/mol. The van der Waals surface area contributed by atoms with Crippen LogP contribution in [-0.2, 0) is 0 Å². The highest BCUT2D eigenvalue weighted by Crippen LogP contribution is 2.24. The summed E-state index contributed by atoms with van der Waals surface area (Å²) in [6.45, 7) is 7.57. The Morgan fingerprint density at radius 3 is 2.45 bits per heavy atom. The minimum Gasteiger partial charge on any atom is -0.457 e. The second kappa shape index (κ2) is 10.5. The lowest BCUT2D eigenvalue weighted by molar-refractivity contribution is 0.106. The summed E-state index contributed by atoms with van der Waals surface area (Å²) in [6, 6.07) is 16.5. The fraction of sp³-hybridized carbons (Fsp3) is 0.269. The van der Waals surface area contributed by atoms with Crippen LogP contribution in [0.25, 0.3) is 0 Å². The molecule has 3 rings (SSSR count). The van der Waals surface area contributed by atoms with Crippen LogP contribution in [0.3, 0.4) is 0 Å². The van der Waals surface area contributed by atoms with Crippen molar-refractivity contribution < 1.29 is 9.53 Å². The summed E-state index contributed by atoms with van der Waals surface area (Å²) in [5.41, 5.74) is 1.49. The van der Waals surface area contributed by atoms with Gasteiger partial charge in [0.15, 0.2) is 0 Å². The number of hydrogen-bond donors (Lipinski definition) is 2. The van der Waals surface area contributed by atoms with Crippen LogP contribution in [-0.4, -0.2) is 23.4 Å². The number of amidine groups is 1. The van der Waals surface area contributed by atoms with Crippen LogP contribution in [0.1, 0.15) is 49.9 Å². The fourth-order valence-corrected chi connectivity index (χ4v) is 3.58. The van der Waals surface area contributed by atoms with E-state index in [1.165, 1.54) is 0 Å². The molecule has 1 aliphatic carbocycles. The van der Waals surface area contributed by atoms with E-state index >= 15 is 0 Å². The van der Waals surface area contributed by atoms with Gasteiger partial charge in [0.1, 0.15) is 23.0 Å². The maximum Gasteiger partial charge on any atom is 0.211 e. The Hall–Kier alpha value is -3.47. The third kappa shape index (κ3) is 6.01. The smallest absolute Gasteiger partial charge is 0.211 e. The molecule has 0 aromatic heterocycles. The molecule has 0 atom stereocenters. The average Bonchev–Trinajstić information content (AvgIpc) is 3.27. The lowest BCUT2D eigenvalue weighted by Gasteiger charge is -2.16. The Balaban J connectivity index is 1.83. The molecule has 160 valence electrons. The maximum absolute atomic E-state index is 13.2. The van der Waals surface area contributed by atoms with Gasteiger partial charge in [-0.2, -0.15) is 0 Å². The van der Waals surface area contributed by atoms with E-state index < -0.39 is 0 Å². The lowest BCUT2D eigenvalue weighted by atomic mass is 9.99. The standard InChI is InChI=1S/C26H29N3O2/c1-4-23(26(28-18(2)3)29-20-12-8-9-13-20)24(27)25(30)19-11-10-16-22(17-19)31-21-14-6-5-7-15-21/h4-7,10-11,14-17,20,27H,2,8-9,12-13H2,1,3H3,(H,28,29)/b23-4-,27-24?. The van der Waals surface area contributed by atoms with Crippen LogP contribution in [0.5, 0.6) is 11.5 Å². The molecule has 0 spiro atoms. The molecule has 31 heavy (non-hydrogen) atoms. The normalized spacial score (nSPS) is 14.9. The number of allylic oxidation sites excluding steroid dienone is 2. The second-order valence-corrected chi connectivity index (χ2v) is 7.67. The summed E-state index contributed by atoms with van der Waals surface area (Å²) < 4.78 is 5.84. The minimum absolute atomic E-state index is 0.107. The van der Waals surface area contributed by atoms with Crippen molar-refractivity contribution in [2.24, 2.45) is 4.99 Å². The molecule has 0 amide bonds. The summed E-state index contributed by atoms with van der Waals surface area (Å²) >= 11 is 0. The number of para-hydroxylation sites is 1.